The quantitative estimate of drug-likeness (QED) is 0.906. The van der Waals surface area contributed by atoms with E-state index >= 15 is 0 Å². The van der Waals surface area contributed by atoms with Crippen LogP contribution in [0.4, 0.5) is 5.13 Å². The number of benzene rings is 1. The number of carboxylic acid groups (broad SMARTS) is 1. The molecule has 1 atom stereocenters. The molecule has 0 aliphatic heterocycles. The fourth-order valence-electron chi connectivity index (χ4n) is 2.66. The van der Waals surface area contributed by atoms with E-state index in [9.17, 15) is 4.79 Å². The SMILES string of the molecule is O=C(O)Cc1csc(NC2CCCc3ccccc32)n1. The number of nitrogens with one attached hydrogen (secondary N) is 1. The monoisotopic (exact) mass is 288 g/mol. The second kappa shape index (κ2) is 5.63. The van der Waals surface area contributed by atoms with Gasteiger partial charge in [-0.25, -0.2) is 4.98 Å². The van der Waals surface area contributed by atoms with Crippen LogP contribution in [0.15, 0.2) is 29.6 Å². The summed E-state index contributed by atoms with van der Waals surface area (Å²) in [6.07, 6.45) is 3.38. The number of nitrogens with zero attached hydrogens (tertiary/aromatic N) is 1. The Labute approximate surface area is 121 Å². The zero-order valence-electron chi connectivity index (χ0n) is 11.0. The molecule has 5 heteroatoms. The van der Waals surface area contributed by atoms with Gasteiger partial charge in [-0.1, -0.05) is 24.3 Å². The van der Waals surface area contributed by atoms with Gasteiger partial charge < -0.3 is 10.4 Å². The molecule has 104 valence electrons. The van der Waals surface area contributed by atoms with Crippen molar-refractivity contribution in [1.29, 1.82) is 0 Å². The number of thiazole rings is 1. The van der Waals surface area contributed by atoms with Gasteiger partial charge in [-0.2, -0.15) is 0 Å². The third-order valence-electron chi connectivity index (χ3n) is 3.55. The largest absolute Gasteiger partial charge is 0.481 e. The smallest absolute Gasteiger partial charge is 0.309 e. The number of carbonyl (C=O) groups is 1. The van der Waals surface area contributed by atoms with Crippen molar-refractivity contribution in [3.05, 3.63) is 46.5 Å². The summed E-state index contributed by atoms with van der Waals surface area (Å²) in [5.74, 6) is -0.843. The van der Waals surface area contributed by atoms with Crippen molar-refractivity contribution < 1.29 is 9.90 Å². The predicted octanol–water partition coefficient (Wildman–Crippen LogP) is 3.26. The van der Waals surface area contributed by atoms with Crippen LogP contribution >= 0.6 is 11.3 Å². The maximum Gasteiger partial charge on any atom is 0.309 e. The van der Waals surface area contributed by atoms with Gasteiger partial charge in [0.2, 0.25) is 0 Å². The molecule has 1 unspecified atom stereocenters. The minimum atomic E-state index is -0.843. The van der Waals surface area contributed by atoms with Crippen LogP contribution in [0.1, 0.15) is 35.7 Å². The molecule has 0 saturated carbocycles. The Bertz CT molecular complexity index is 624. The van der Waals surface area contributed by atoms with Crippen LogP contribution in [0.3, 0.4) is 0 Å². The zero-order valence-corrected chi connectivity index (χ0v) is 11.8. The van der Waals surface area contributed by atoms with Gasteiger partial charge in [0.25, 0.3) is 0 Å². The summed E-state index contributed by atoms with van der Waals surface area (Å²) in [7, 11) is 0. The Balaban J connectivity index is 1.75. The molecule has 1 aliphatic carbocycles. The van der Waals surface area contributed by atoms with E-state index in [1.807, 2.05) is 5.38 Å². The second-order valence-electron chi connectivity index (χ2n) is 5.00. The molecule has 0 saturated heterocycles. The van der Waals surface area contributed by atoms with Gasteiger partial charge in [0.1, 0.15) is 0 Å². The number of rotatable bonds is 4. The number of hydrogen-bond acceptors (Lipinski definition) is 4. The molecule has 4 nitrogen and oxygen atoms in total. The summed E-state index contributed by atoms with van der Waals surface area (Å²) >= 11 is 1.47. The van der Waals surface area contributed by atoms with Gasteiger partial charge in [0, 0.05) is 5.38 Å². The molecule has 2 N–H and O–H groups in total. The molecule has 0 amide bonds. The van der Waals surface area contributed by atoms with E-state index in [1.165, 1.54) is 28.9 Å². The Morgan fingerprint density at radius 2 is 2.30 bits per heavy atom. The number of anilines is 1. The maximum absolute atomic E-state index is 10.7. The highest BCUT2D eigenvalue weighted by Crippen LogP contribution is 2.33. The lowest BCUT2D eigenvalue weighted by Crippen LogP contribution is -2.17. The molecule has 3 rings (SSSR count). The average Bonchev–Trinajstić information content (AvgIpc) is 2.86. The van der Waals surface area contributed by atoms with Crippen LogP contribution in [-0.2, 0) is 17.6 Å². The lowest BCUT2D eigenvalue weighted by Gasteiger charge is -2.26. The Kier molecular flexibility index (Phi) is 3.69. The first-order valence-corrected chi connectivity index (χ1v) is 7.61. The first-order chi connectivity index (χ1) is 9.72. The normalized spacial score (nSPS) is 17.5. The molecule has 0 bridgehead atoms. The molecule has 1 aromatic heterocycles. The standard InChI is InChI=1S/C15H16N2O2S/c18-14(19)8-11-9-20-15(16-11)17-13-7-3-5-10-4-1-2-6-12(10)13/h1-2,4,6,9,13H,3,5,7-8H2,(H,16,17)(H,18,19). The molecule has 2 aromatic rings. The highest BCUT2D eigenvalue weighted by atomic mass is 32.1. The van der Waals surface area contributed by atoms with Gasteiger partial charge in [-0.05, 0) is 30.4 Å². The Morgan fingerprint density at radius 3 is 3.15 bits per heavy atom. The number of fused-ring (bicyclic) bond motifs is 1. The van der Waals surface area contributed by atoms with Crippen molar-refractivity contribution in [3.63, 3.8) is 0 Å². The highest BCUT2D eigenvalue weighted by molar-refractivity contribution is 7.13. The molecule has 1 heterocycles. The third-order valence-corrected chi connectivity index (χ3v) is 4.37. The van der Waals surface area contributed by atoms with E-state index in [-0.39, 0.29) is 12.5 Å². The first kappa shape index (κ1) is 13.1. The molecule has 1 aromatic carbocycles. The average molecular weight is 288 g/mol. The molecule has 20 heavy (non-hydrogen) atoms. The van der Waals surface area contributed by atoms with Crippen LogP contribution in [0.2, 0.25) is 0 Å². The maximum atomic E-state index is 10.7. The highest BCUT2D eigenvalue weighted by Gasteiger charge is 2.20. The van der Waals surface area contributed by atoms with E-state index in [0.29, 0.717) is 5.69 Å². The third kappa shape index (κ3) is 2.82. The summed E-state index contributed by atoms with van der Waals surface area (Å²) in [4.78, 5) is 15.0. The number of carboxylic acids is 1. The van der Waals surface area contributed by atoms with Crippen LogP contribution in [0.25, 0.3) is 0 Å². The molecule has 1 aliphatic rings. The lowest BCUT2D eigenvalue weighted by atomic mass is 9.88. The number of aromatic nitrogens is 1. The van der Waals surface area contributed by atoms with Crippen molar-refractivity contribution in [2.24, 2.45) is 0 Å². The predicted molar refractivity (Wildman–Crippen MR) is 79.2 cm³/mol. The van der Waals surface area contributed by atoms with Crippen molar-refractivity contribution in [1.82, 2.24) is 4.98 Å². The topological polar surface area (TPSA) is 62.2 Å². The van der Waals surface area contributed by atoms with Crippen molar-refractivity contribution in [3.8, 4) is 0 Å². The minimum absolute atomic E-state index is 0.0145. The van der Waals surface area contributed by atoms with Crippen LogP contribution in [-0.4, -0.2) is 16.1 Å². The molecule has 0 fully saturated rings. The van der Waals surface area contributed by atoms with E-state index < -0.39 is 5.97 Å². The molecule has 0 radical (unpaired) electrons. The fourth-order valence-corrected chi connectivity index (χ4v) is 3.43. The Morgan fingerprint density at radius 1 is 1.45 bits per heavy atom. The van der Waals surface area contributed by atoms with Crippen molar-refractivity contribution >= 4 is 22.4 Å². The summed E-state index contributed by atoms with van der Waals surface area (Å²) in [5, 5.41) is 14.8. The van der Waals surface area contributed by atoms with Gasteiger partial charge in [-0.15, -0.1) is 11.3 Å². The first-order valence-electron chi connectivity index (χ1n) is 6.73. The van der Waals surface area contributed by atoms with E-state index in [1.54, 1.807) is 0 Å². The van der Waals surface area contributed by atoms with E-state index in [2.05, 4.69) is 34.6 Å². The zero-order chi connectivity index (χ0) is 13.9. The Hall–Kier alpha value is -1.88. The minimum Gasteiger partial charge on any atom is -0.481 e. The summed E-state index contributed by atoms with van der Waals surface area (Å²) < 4.78 is 0. The summed E-state index contributed by atoms with van der Waals surface area (Å²) in [6, 6.07) is 8.77. The van der Waals surface area contributed by atoms with Crippen molar-refractivity contribution in [2.75, 3.05) is 5.32 Å². The lowest BCUT2D eigenvalue weighted by molar-refractivity contribution is -0.136. The number of aryl methyl sites for hydroxylation is 1. The molecular weight excluding hydrogens is 272 g/mol. The van der Waals surface area contributed by atoms with Crippen molar-refractivity contribution in [2.45, 2.75) is 31.7 Å². The van der Waals surface area contributed by atoms with Gasteiger partial charge in [0.15, 0.2) is 5.13 Å². The van der Waals surface area contributed by atoms with Gasteiger partial charge >= 0.3 is 5.97 Å². The molecular formula is C15H16N2O2S. The fraction of sp³-hybridized carbons (Fsp3) is 0.333. The second-order valence-corrected chi connectivity index (χ2v) is 5.86. The van der Waals surface area contributed by atoms with Crippen LogP contribution in [0.5, 0.6) is 0 Å². The number of aliphatic carboxylic acids is 1. The van der Waals surface area contributed by atoms with Crippen LogP contribution < -0.4 is 5.32 Å². The molecule has 0 spiro atoms. The summed E-state index contributed by atoms with van der Waals surface area (Å²) in [5.41, 5.74) is 3.36. The number of hydrogen-bond donors (Lipinski definition) is 2. The van der Waals surface area contributed by atoms with E-state index in [4.69, 9.17) is 5.11 Å². The van der Waals surface area contributed by atoms with Gasteiger partial charge in [-0.3, -0.25) is 4.79 Å². The van der Waals surface area contributed by atoms with E-state index in [0.717, 1.165) is 18.0 Å². The van der Waals surface area contributed by atoms with Gasteiger partial charge in [0.05, 0.1) is 18.2 Å². The van der Waals surface area contributed by atoms with Crippen LogP contribution in [0, 0.1) is 0 Å². The summed E-state index contributed by atoms with van der Waals surface area (Å²) in [6.45, 7) is 0.